The summed E-state index contributed by atoms with van der Waals surface area (Å²) in [7, 11) is 2.79. The summed E-state index contributed by atoms with van der Waals surface area (Å²) in [5, 5.41) is 3.17. The molecule has 2 aromatic carbocycles. The van der Waals surface area contributed by atoms with E-state index in [0.29, 0.717) is 33.3 Å². The van der Waals surface area contributed by atoms with Crippen LogP contribution >= 0.6 is 11.6 Å². The average Bonchev–Trinajstić information content (AvgIpc) is 2.89. The van der Waals surface area contributed by atoms with Crippen molar-refractivity contribution in [1.29, 1.82) is 0 Å². The van der Waals surface area contributed by atoms with Crippen LogP contribution in [0.3, 0.4) is 0 Å². The largest absolute Gasteiger partial charge is 0.493 e. The Morgan fingerprint density at radius 2 is 1.93 bits per heavy atom. The van der Waals surface area contributed by atoms with Crippen molar-refractivity contribution in [1.82, 2.24) is 0 Å². The molecule has 0 spiro atoms. The van der Waals surface area contributed by atoms with Crippen molar-refractivity contribution in [2.45, 2.75) is 0 Å². The van der Waals surface area contributed by atoms with Gasteiger partial charge in [-0.1, -0.05) is 23.7 Å². The van der Waals surface area contributed by atoms with E-state index in [4.69, 9.17) is 25.8 Å². The molecule has 1 N–H and O–H groups in total. The lowest BCUT2D eigenvalue weighted by Crippen LogP contribution is -2.16. The quantitative estimate of drug-likeness (QED) is 0.803. The Hall–Kier alpha value is -3.25. The molecular weight excluding hydrogens is 370 g/mol. The average molecular weight is 386 g/mol. The summed E-state index contributed by atoms with van der Waals surface area (Å²) < 4.78 is 15.6. The first-order valence-corrected chi connectivity index (χ1v) is 8.32. The zero-order valence-corrected chi connectivity index (χ0v) is 15.4. The first kappa shape index (κ1) is 18.5. The van der Waals surface area contributed by atoms with E-state index in [9.17, 15) is 9.59 Å². The molecule has 3 rings (SSSR count). The third kappa shape index (κ3) is 3.96. The van der Waals surface area contributed by atoms with Gasteiger partial charge in [0, 0.05) is 22.2 Å². The number of esters is 1. The van der Waals surface area contributed by atoms with Crippen LogP contribution in [-0.2, 0) is 9.53 Å². The molecule has 0 saturated carbocycles. The highest BCUT2D eigenvalue weighted by Gasteiger charge is 2.18. The number of carbonyl (C=O) groups is 2. The van der Waals surface area contributed by atoms with Gasteiger partial charge in [-0.25, -0.2) is 4.79 Å². The molecule has 0 unspecified atom stereocenters. The van der Waals surface area contributed by atoms with E-state index in [1.54, 1.807) is 42.5 Å². The Morgan fingerprint density at radius 3 is 2.67 bits per heavy atom. The van der Waals surface area contributed by atoms with Crippen LogP contribution in [0.15, 0.2) is 54.3 Å². The number of carbonyl (C=O) groups excluding carboxylic acids is 2. The van der Waals surface area contributed by atoms with E-state index in [1.807, 2.05) is 0 Å². The van der Waals surface area contributed by atoms with Gasteiger partial charge in [-0.2, -0.15) is 0 Å². The summed E-state index contributed by atoms with van der Waals surface area (Å²) in [5.41, 5.74) is 1.51. The Kier molecular flexibility index (Phi) is 5.47. The Balaban J connectivity index is 1.94. The Labute approximate surface area is 161 Å². The van der Waals surface area contributed by atoms with Crippen LogP contribution in [-0.4, -0.2) is 26.1 Å². The monoisotopic (exact) mass is 385 g/mol. The van der Waals surface area contributed by atoms with Crippen molar-refractivity contribution >= 4 is 35.2 Å². The number of rotatable bonds is 4. The van der Waals surface area contributed by atoms with Gasteiger partial charge in [0.05, 0.1) is 31.7 Å². The van der Waals surface area contributed by atoms with Gasteiger partial charge in [-0.05, 0) is 30.4 Å². The molecule has 138 valence electrons. The highest BCUT2D eigenvalue weighted by Crippen LogP contribution is 2.37. The predicted molar refractivity (Wildman–Crippen MR) is 102 cm³/mol. The molecular formula is C20H16ClNO5. The molecule has 1 aliphatic rings. The summed E-state index contributed by atoms with van der Waals surface area (Å²) >= 11 is 6.11. The van der Waals surface area contributed by atoms with Gasteiger partial charge in [-0.3, -0.25) is 4.79 Å². The number of hydrogen-bond acceptors (Lipinski definition) is 5. The van der Waals surface area contributed by atoms with E-state index >= 15 is 0 Å². The van der Waals surface area contributed by atoms with Gasteiger partial charge >= 0.3 is 5.97 Å². The molecule has 0 bridgehead atoms. The van der Waals surface area contributed by atoms with Crippen molar-refractivity contribution in [3.8, 4) is 11.5 Å². The fourth-order valence-corrected chi connectivity index (χ4v) is 2.80. The number of methoxy groups -OCH3 is 2. The SMILES string of the molecule is COC(=O)c1ccccc1NC(=O)C1=Cc2cc(Cl)cc(OC)c2OC=C1. The lowest BCUT2D eigenvalue weighted by molar-refractivity contribution is -0.112. The lowest BCUT2D eigenvalue weighted by atomic mass is 10.1. The second-order valence-electron chi connectivity index (χ2n) is 5.54. The van der Waals surface area contributed by atoms with Crippen molar-refractivity contribution in [2.24, 2.45) is 0 Å². The summed E-state index contributed by atoms with van der Waals surface area (Å²) in [4.78, 5) is 24.6. The molecule has 0 atom stereocenters. The summed E-state index contributed by atoms with van der Waals surface area (Å²) in [6, 6.07) is 9.88. The van der Waals surface area contributed by atoms with E-state index in [2.05, 4.69) is 5.32 Å². The minimum Gasteiger partial charge on any atom is -0.493 e. The van der Waals surface area contributed by atoms with Crippen molar-refractivity contribution < 1.29 is 23.8 Å². The second kappa shape index (κ2) is 7.97. The van der Waals surface area contributed by atoms with Gasteiger partial charge in [0.2, 0.25) is 0 Å². The van der Waals surface area contributed by atoms with Crippen LogP contribution in [0.25, 0.3) is 6.08 Å². The standard InChI is InChI=1S/C20H16ClNO5/c1-25-17-11-14(21)10-13-9-12(7-8-27-18(13)17)19(23)22-16-6-4-3-5-15(16)20(24)26-2/h3-11H,1-2H3,(H,22,23). The van der Waals surface area contributed by atoms with Crippen LogP contribution in [0.2, 0.25) is 5.02 Å². The first-order chi connectivity index (χ1) is 13.0. The molecule has 7 heteroatoms. The number of para-hydroxylation sites is 1. The van der Waals surface area contributed by atoms with E-state index < -0.39 is 11.9 Å². The van der Waals surface area contributed by atoms with Gasteiger partial charge in [-0.15, -0.1) is 0 Å². The molecule has 0 aliphatic carbocycles. The molecule has 0 fully saturated rings. The summed E-state index contributed by atoms with van der Waals surface area (Å²) in [6.45, 7) is 0. The minimum absolute atomic E-state index is 0.257. The molecule has 1 amide bonds. The summed E-state index contributed by atoms with van der Waals surface area (Å²) in [6.07, 6.45) is 4.53. The highest BCUT2D eigenvalue weighted by atomic mass is 35.5. The molecule has 6 nitrogen and oxygen atoms in total. The molecule has 27 heavy (non-hydrogen) atoms. The molecule has 0 aromatic heterocycles. The van der Waals surface area contributed by atoms with Gasteiger partial charge in [0.25, 0.3) is 5.91 Å². The van der Waals surface area contributed by atoms with Crippen molar-refractivity contribution in [3.05, 3.63) is 70.5 Å². The third-order valence-electron chi connectivity index (χ3n) is 3.86. The van der Waals surface area contributed by atoms with Crippen LogP contribution in [0.5, 0.6) is 11.5 Å². The van der Waals surface area contributed by atoms with Crippen LogP contribution in [0.4, 0.5) is 5.69 Å². The van der Waals surface area contributed by atoms with Gasteiger partial charge in [0.1, 0.15) is 0 Å². The molecule has 0 saturated heterocycles. The lowest BCUT2D eigenvalue weighted by Gasteiger charge is -2.11. The third-order valence-corrected chi connectivity index (χ3v) is 4.07. The highest BCUT2D eigenvalue weighted by molar-refractivity contribution is 6.31. The number of fused-ring (bicyclic) bond motifs is 1. The maximum absolute atomic E-state index is 12.7. The van der Waals surface area contributed by atoms with Gasteiger partial charge in [0.15, 0.2) is 11.5 Å². The zero-order valence-electron chi connectivity index (χ0n) is 14.6. The van der Waals surface area contributed by atoms with Gasteiger partial charge < -0.3 is 19.5 Å². The molecule has 0 radical (unpaired) electrons. The zero-order chi connectivity index (χ0) is 19.4. The number of anilines is 1. The maximum atomic E-state index is 12.7. The Bertz CT molecular complexity index is 965. The molecule has 1 heterocycles. The van der Waals surface area contributed by atoms with Crippen LogP contribution < -0.4 is 14.8 Å². The molecule has 2 aromatic rings. The predicted octanol–water partition coefficient (Wildman–Crippen LogP) is 4.06. The minimum atomic E-state index is -0.540. The van der Waals surface area contributed by atoms with Crippen LogP contribution in [0.1, 0.15) is 15.9 Å². The first-order valence-electron chi connectivity index (χ1n) is 7.94. The smallest absolute Gasteiger partial charge is 0.339 e. The maximum Gasteiger partial charge on any atom is 0.339 e. The van der Waals surface area contributed by atoms with Crippen molar-refractivity contribution in [2.75, 3.05) is 19.5 Å². The number of benzene rings is 2. The Morgan fingerprint density at radius 1 is 1.15 bits per heavy atom. The molecule has 1 aliphatic heterocycles. The number of nitrogens with one attached hydrogen (secondary N) is 1. The normalized spacial score (nSPS) is 12.2. The number of ether oxygens (including phenoxy) is 3. The fraction of sp³-hybridized carbons (Fsp3) is 0.100. The van der Waals surface area contributed by atoms with E-state index in [1.165, 1.54) is 26.6 Å². The fourth-order valence-electron chi connectivity index (χ4n) is 2.58. The number of hydrogen-bond donors (Lipinski definition) is 1. The van der Waals surface area contributed by atoms with E-state index in [0.717, 1.165) is 0 Å². The van der Waals surface area contributed by atoms with E-state index in [-0.39, 0.29) is 5.56 Å². The topological polar surface area (TPSA) is 73.9 Å². The number of halogens is 1. The van der Waals surface area contributed by atoms with Crippen molar-refractivity contribution in [3.63, 3.8) is 0 Å². The second-order valence-corrected chi connectivity index (χ2v) is 5.97. The number of amides is 1. The van der Waals surface area contributed by atoms with Crippen LogP contribution in [0, 0.1) is 0 Å². The summed E-state index contributed by atoms with van der Waals surface area (Å²) in [5.74, 6) is -0.0495.